The first-order valence-corrected chi connectivity index (χ1v) is 8.35. The molecule has 0 radical (unpaired) electrons. The molecule has 0 amide bonds. The van der Waals surface area contributed by atoms with Crippen molar-refractivity contribution in [2.45, 2.75) is 5.54 Å². The maximum Gasteiger partial charge on any atom is 0.199 e. The summed E-state index contributed by atoms with van der Waals surface area (Å²) in [5, 5.41) is 4.59. The van der Waals surface area contributed by atoms with Crippen LogP contribution < -0.4 is 5.32 Å². The number of para-hydroxylation sites is 2. The molecule has 0 saturated heterocycles. The van der Waals surface area contributed by atoms with Crippen LogP contribution in [0.5, 0.6) is 0 Å². The zero-order chi connectivity index (χ0) is 16.9. The smallest absolute Gasteiger partial charge is 0.199 e. The highest BCUT2D eigenvalue weighted by Gasteiger charge is 2.49. The Labute approximate surface area is 145 Å². The van der Waals surface area contributed by atoms with Gasteiger partial charge in [0.25, 0.3) is 0 Å². The van der Waals surface area contributed by atoms with Crippen molar-refractivity contribution in [1.82, 2.24) is 4.98 Å². The maximum atomic E-state index is 13.6. The van der Waals surface area contributed by atoms with Crippen molar-refractivity contribution in [3.05, 3.63) is 102 Å². The van der Waals surface area contributed by atoms with Crippen molar-refractivity contribution in [3.63, 3.8) is 0 Å². The molecule has 1 aliphatic heterocycles. The molecular formula is C22H16N2O. The van der Waals surface area contributed by atoms with E-state index in [-0.39, 0.29) is 5.78 Å². The quantitative estimate of drug-likeness (QED) is 0.560. The van der Waals surface area contributed by atoms with E-state index >= 15 is 0 Å². The Bertz CT molecular complexity index is 1100. The number of ketones is 1. The molecule has 3 nitrogen and oxygen atoms in total. The summed E-state index contributed by atoms with van der Waals surface area (Å²) in [7, 11) is 0. The molecule has 120 valence electrons. The van der Waals surface area contributed by atoms with Crippen LogP contribution in [0.15, 0.2) is 85.1 Å². The first kappa shape index (κ1) is 14.1. The lowest BCUT2D eigenvalue weighted by Gasteiger charge is -2.29. The maximum absolute atomic E-state index is 13.6. The Morgan fingerprint density at radius 2 is 1.48 bits per heavy atom. The van der Waals surface area contributed by atoms with Crippen molar-refractivity contribution in [2.75, 3.05) is 5.32 Å². The third-order valence-corrected chi connectivity index (χ3v) is 5.03. The molecule has 1 aliphatic rings. The molecular weight excluding hydrogens is 308 g/mol. The van der Waals surface area contributed by atoms with Crippen molar-refractivity contribution < 1.29 is 4.79 Å². The average molecular weight is 324 g/mol. The first-order chi connectivity index (χ1) is 12.3. The summed E-state index contributed by atoms with van der Waals surface area (Å²) in [6.07, 6.45) is 1.95. The number of fused-ring (bicyclic) bond motifs is 2. The van der Waals surface area contributed by atoms with Gasteiger partial charge in [0, 0.05) is 33.9 Å². The van der Waals surface area contributed by atoms with Gasteiger partial charge in [-0.2, -0.15) is 0 Å². The molecule has 0 saturated carbocycles. The van der Waals surface area contributed by atoms with Gasteiger partial charge in [-0.3, -0.25) is 4.79 Å². The zero-order valence-electron chi connectivity index (χ0n) is 13.5. The number of carbonyl (C=O) groups is 1. The molecule has 1 unspecified atom stereocenters. The normalized spacial score (nSPS) is 19.0. The third-order valence-electron chi connectivity index (χ3n) is 5.03. The summed E-state index contributed by atoms with van der Waals surface area (Å²) < 4.78 is 0. The Balaban J connectivity index is 1.85. The van der Waals surface area contributed by atoms with Gasteiger partial charge in [0.15, 0.2) is 11.3 Å². The van der Waals surface area contributed by atoms with Gasteiger partial charge in [-0.05, 0) is 23.8 Å². The highest BCUT2D eigenvalue weighted by molar-refractivity contribution is 6.17. The fourth-order valence-electron chi connectivity index (χ4n) is 3.87. The lowest BCUT2D eigenvalue weighted by Crippen LogP contribution is -2.39. The van der Waals surface area contributed by atoms with Crippen LogP contribution in [-0.4, -0.2) is 10.8 Å². The highest BCUT2D eigenvalue weighted by atomic mass is 16.1. The molecule has 25 heavy (non-hydrogen) atoms. The molecule has 0 bridgehead atoms. The van der Waals surface area contributed by atoms with Gasteiger partial charge in [0.1, 0.15) is 0 Å². The molecule has 2 heterocycles. The zero-order valence-corrected chi connectivity index (χ0v) is 13.5. The molecule has 2 N–H and O–H groups in total. The third kappa shape index (κ3) is 1.83. The van der Waals surface area contributed by atoms with E-state index in [0.717, 1.165) is 33.3 Å². The summed E-state index contributed by atoms with van der Waals surface area (Å²) >= 11 is 0. The van der Waals surface area contributed by atoms with E-state index in [9.17, 15) is 4.79 Å². The molecule has 0 fully saturated rings. The number of rotatable bonds is 2. The van der Waals surface area contributed by atoms with Crippen LogP contribution in [0.1, 0.15) is 21.5 Å². The number of aromatic nitrogens is 1. The largest absolute Gasteiger partial charge is 0.365 e. The monoisotopic (exact) mass is 324 g/mol. The Kier molecular flexibility index (Phi) is 2.86. The number of Topliss-reactive ketones (excluding diaryl/α,β-unsaturated/α-hetero) is 1. The number of aromatic amines is 1. The van der Waals surface area contributed by atoms with Gasteiger partial charge in [0.05, 0.1) is 0 Å². The number of hydrogen-bond donors (Lipinski definition) is 2. The van der Waals surface area contributed by atoms with Gasteiger partial charge < -0.3 is 10.3 Å². The number of benzene rings is 3. The van der Waals surface area contributed by atoms with E-state index in [0.29, 0.717) is 0 Å². The van der Waals surface area contributed by atoms with Crippen molar-refractivity contribution in [3.8, 4) is 0 Å². The van der Waals surface area contributed by atoms with Gasteiger partial charge in [-0.15, -0.1) is 0 Å². The molecule has 0 aliphatic carbocycles. The van der Waals surface area contributed by atoms with E-state index in [1.165, 1.54) is 0 Å². The Hall–Kier alpha value is -3.33. The SMILES string of the molecule is O=C1c2ccccc2NC1(c1ccccc1)c1c[nH]c2ccccc12. The lowest BCUT2D eigenvalue weighted by molar-refractivity contribution is 0.0941. The molecule has 1 aromatic heterocycles. The van der Waals surface area contributed by atoms with Crippen LogP contribution in [-0.2, 0) is 5.54 Å². The summed E-state index contributed by atoms with van der Waals surface area (Å²) in [4.78, 5) is 16.9. The van der Waals surface area contributed by atoms with Crippen molar-refractivity contribution in [2.24, 2.45) is 0 Å². The Morgan fingerprint density at radius 3 is 2.32 bits per heavy atom. The van der Waals surface area contributed by atoms with E-state index < -0.39 is 5.54 Å². The predicted molar refractivity (Wildman–Crippen MR) is 99.9 cm³/mol. The fraction of sp³-hybridized carbons (Fsp3) is 0.0455. The Morgan fingerprint density at radius 1 is 0.760 bits per heavy atom. The molecule has 3 aromatic carbocycles. The predicted octanol–water partition coefficient (Wildman–Crippen LogP) is 4.72. The first-order valence-electron chi connectivity index (χ1n) is 8.35. The second-order valence-corrected chi connectivity index (χ2v) is 6.36. The fourth-order valence-corrected chi connectivity index (χ4v) is 3.87. The van der Waals surface area contributed by atoms with Gasteiger partial charge in [-0.25, -0.2) is 0 Å². The molecule has 4 aromatic rings. The summed E-state index contributed by atoms with van der Waals surface area (Å²) in [5.41, 5.74) is 3.62. The summed E-state index contributed by atoms with van der Waals surface area (Å²) in [6.45, 7) is 0. The highest BCUT2D eigenvalue weighted by Crippen LogP contribution is 2.45. The summed E-state index contributed by atoms with van der Waals surface area (Å²) in [6, 6.07) is 25.8. The van der Waals surface area contributed by atoms with Crippen LogP contribution in [0, 0.1) is 0 Å². The molecule has 0 spiro atoms. The number of anilines is 1. The van der Waals surface area contributed by atoms with Crippen LogP contribution in [0.25, 0.3) is 10.9 Å². The van der Waals surface area contributed by atoms with E-state index in [1.807, 2.05) is 79.0 Å². The minimum absolute atomic E-state index is 0.0825. The van der Waals surface area contributed by atoms with E-state index in [1.54, 1.807) is 0 Å². The van der Waals surface area contributed by atoms with Crippen molar-refractivity contribution >= 4 is 22.4 Å². The molecule has 5 rings (SSSR count). The van der Waals surface area contributed by atoms with E-state index in [4.69, 9.17) is 0 Å². The van der Waals surface area contributed by atoms with Gasteiger partial charge >= 0.3 is 0 Å². The minimum Gasteiger partial charge on any atom is -0.365 e. The number of carbonyl (C=O) groups excluding carboxylic acids is 1. The van der Waals surface area contributed by atoms with E-state index in [2.05, 4.69) is 16.4 Å². The molecule has 3 heteroatoms. The average Bonchev–Trinajstić information content (AvgIpc) is 3.23. The second-order valence-electron chi connectivity index (χ2n) is 6.36. The van der Waals surface area contributed by atoms with Crippen LogP contribution in [0.3, 0.4) is 0 Å². The second kappa shape index (κ2) is 5.08. The lowest BCUT2D eigenvalue weighted by atomic mass is 9.79. The van der Waals surface area contributed by atoms with Crippen LogP contribution in [0.2, 0.25) is 0 Å². The summed E-state index contributed by atoms with van der Waals surface area (Å²) in [5.74, 6) is 0.0825. The van der Waals surface area contributed by atoms with Crippen molar-refractivity contribution in [1.29, 1.82) is 0 Å². The van der Waals surface area contributed by atoms with Gasteiger partial charge in [0.2, 0.25) is 0 Å². The number of hydrogen-bond acceptors (Lipinski definition) is 2. The minimum atomic E-state index is -0.912. The molecule has 1 atom stereocenters. The number of H-pyrrole nitrogens is 1. The van der Waals surface area contributed by atoms with Gasteiger partial charge in [-0.1, -0.05) is 60.7 Å². The topological polar surface area (TPSA) is 44.9 Å². The van der Waals surface area contributed by atoms with Crippen LogP contribution >= 0.6 is 0 Å². The number of nitrogens with one attached hydrogen (secondary N) is 2. The van der Waals surface area contributed by atoms with Crippen LogP contribution in [0.4, 0.5) is 5.69 Å². The standard InChI is InChI=1S/C22H16N2O/c25-21-17-11-5-7-13-20(17)24-22(21,15-8-2-1-3-9-15)18-14-23-19-12-6-4-10-16(18)19/h1-14,23-24H.